The maximum absolute atomic E-state index is 11.4. The first kappa shape index (κ1) is 15.2. The van der Waals surface area contributed by atoms with Crippen molar-refractivity contribution in [1.82, 2.24) is 9.38 Å². The number of imidazole rings is 1. The number of pyridine rings is 1. The first-order valence-electron chi connectivity index (χ1n) is 6.22. The van der Waals surface area contributed by atoms with Crippen molar-refractivity contribution in [2.45, 2.75) is 13.0 Å². The van der Waals surface area contributed by atoms with Crippen LogP contribution in [-0.2, 0) is 9.84 Å². The minimum absolute atomic E-state index is 0.103. The number of hydrogen-bond acceptors (Lipinski definition) is 6. The van der Waals surface area contributed by atoms with Gasteiger partial charge in [-0.15, -0.1) is 0 Å². The minimum atomic E-state index is -3.19. The number of fused-ring (bicyclic) bond motifs is 1. The molecule has 8 nitrogen and oxygen atoms in total. The molecule has 0 unspecified atom stereocenters. The fraction of sp³-hybridized carbons (Fsp3) is 0.417. The predicted octanol–water partition coefficient (Wildman–Crippen LogP) is 1.11. The van der Waals surface area contributed by atoms with E-state index in [1.165, 1.54) is 9.30 Å². The Kier molecular flexibility index (Phi) is 3.86. The van der Waals surface area contributed by atoms with Gasteiger partial charge in [0.1, 0.15) is 9.84 Å². The summed E-state index contributed by atoms with van der Waals surface area (Å²) in [7, 11) is -1.58. The van der Waals surface area contributed by atoms with E-state index in [1.807, 2.05) is 0 Å². The Morgan fingerprint density at radius 3 is 2.71 bits per heavy atom. The fourth-order valence-electron chi connectivity index (χ4n) is 2.14. The molecule has 0 amide bonds. The average Bonchev–Trinajstić information content (AvgIpc) is 2.74. The van der Waals surface area contributed by atoms with Crippen LogP contribution in [0, 0.1) is 10.1 Å². The van der Waals surface area contributed by atoms with Crippen molar-refractivity contribution in [2.24, 2.45) is 0 Å². The normalized spacial score (nSPS) is 13.3. The van der Waals surface area contributed by atoms with Crippen LogP contribution in [0.1, 0.15) is 6.92 Å². The smallest absolute Gasteiger partial charge is 0.358 e. The molecule has 0 saturated carbocycles. The van der Waals surface area contributed by atoms with E-state index in [-0.39, 0.29) is 17.4 Å². The van der Waals surface area contributed by atoms with Crippen LogP contribution in [0.5, 0.6) is 0 Å². The number of anilines is 1. The zero-order valence-corrected chi connectivity index (χ0v) is 12.7. The third kappa shape index (κ3) is 3.13. The Balaban J connectivity index is 2.50. The molecule has 0 saturated heterocycles. The lowest BCUT2D eigenvalue weighted by Gasteiger charge is -2.23. The average molecular weight is 312 g/mol. The second-order valence-electron chi connectivity index (χ2n) is 5.00. The monoisotopic (exact) mass is 312 g/mol. The van der Waals surface area contributed by atoms with Crippen molar-refractivity contribution in [1.29, 1.82) is 0 Å². The van der Waals surface area contributed by atoms with Crippen molar-refractivity contribution >= 4 is 27.1 Å². The van der Waals surface area contributed by atoms with E-state index in [9.17, 15) is 18.5 Å². The summed E-state index contributed by atoms with van der Waals surface area (Å²) in [4.78, 5) is 16.6. The molecule has 0 spiro atoms. The number of rotatable bonds is 5. The molecule has 0 fully saturated rings. The summed E-state index contributed by atoms with van der Waals surface area (Å²) in [5.74, 6) is -0.120. The van der Waals surface area contributed by atoms with Gasteiger partial charge < -0.3 is 15.0 Å². The lowest BCUT2D eigenvalue weighted by molar-refractivity contribution is -0.389. The predicted molar refractivity (Wildman–Crippen MR) is 79.4 cm³/mol. The molecule has 0 aliphatic heterocycles. The van der Waals surface area contributed by atoms with Crippen molar-refractivity contribution in [3.05, 3.63) is 34.5 Å². The van der Waals surface area contributed by atoms with Crippen LogP contribution in [0.3, 0.4) is 0 Å². The highest BCUT2D eigenvalue weighted by atomic mass is 32.2. The van der Waals surface area contributed by atoms with E-state index in [0.717, 1.165) is 6.26 Å². The van der Waals surface area contributed by atoms with Crippen molar-refractivity contribution in [3.63, 3.8) is 0 Å². The highest BCUT2D eigenvalue weighted by Gasteiger charge is 2.28. The zero-order chi connectivity index (χ0) is 15.8. The number of nitro groups is 1. The molecular formula is C12H16N4O4S. The maximum Gasteiger partial charge on any atom is 0.372 e. The van der Waals surface area contributed by atoms with E-state index >= 15 is 0 Å². The van der Waals surface area contributed by atoms with Gasteiger partial charge in [0, 0.05) is 25.4 Å². The SMILES string of the molecule is C[C@@H](CS(C)(=O)=O)N(C)c1nc2ccccn2c1[N+](=O)[O-]. The van der Waals surface area contributed by atoms with Crippen LogP contribution in [0.25, 0.3) is 5.65 Å². The Hall–Kier alpha value is -2.16. The van der Waals surface area contributed by atoms with Gasteiger partial charge in [-0.3, -0.25) is 0 Å². The second kappa shape index (κ2) is 5.32. The Bertz CT molecular complexity index is 784. The molecule has 0 aliphatic carbocycles. The van der Waals surface area contributed by atoms with Gasteiger partial charge in [-0.1, -0.05) is 6.07 Å². The van der Waals surface area contributed by atoms with Crippen LogP contribution in [0.2, 0.25) is 0 Å². The highest BCUT2D eigenvalue weighted by molar-refractivity contribution is 7.90. The first-order valence-corrected chi connectivity index (χ1v) is 8.29. The summed E-state index contributed by atoms with van der Waals surface area (Å²) in [5.41, 5.74) is 0.442. The van der Waals surface area contributed by atoms with Crippen molar-refractivity contribution in [2.75, 3.05) is 24.0 Å². The van der Waals surface area contributed by atoms with E-state index < -0.39 is 20.8 Å². The van der Waals surface area contributed by atoms with Gasteiger partial charge in [0.15, 0.2) is 0 Å². The highest BCUT2D eigenvalue weighted by Crippen LogP contribution is 2.29. The third-order valence-electron chi connectivity index (χ3n) is 3.20. The summed E-state index contributed by atoms with van der Waals surface area (Å²) in [6.45, 7) is 1.69. The quantitative estimate of drug-likeness (QED) is 0.606. The van der Waals surface area contributed by atoms with Gasteiger partial charge in [0.05, 0.1) is 11.9 Å². The Labute approximate surface area is 122 Å². The van der Waals surface area contributed by atoms with E-state index in [0.29, 0.717) is 5.65 Å². The van der Waals surface area contributed by atoms with Gasteiger partial charge in [-0.05, 0) is 17.9 Å². The molecule has 2 rings (SSSR count). The molecule has 2 aromatic heterocycles. The fourth-order valence-corrected chi connectivity index (χ4v) is 3.24. The lowest BCUT2D eigenvalue weighted by Crippen LogP contribution is -2.35. The number of aromatic nitrogens is 2. The number of sulfone groups is 1. The van der Waals surface area contributed by atoms with Crippen LogP contribution in [0.4, 0.5) is 11.6 Å². The molecule has 2 heterocycles. The molecule has 1 atom stereocenters. The summed E-state index contributed by atoms with van der Waals surface area (Å²) < 4.78 is 24.1. The molecule has 0 N–H and O–H groups in total. The zero-order valence-electron chi connectivity index (χ0n) is 11.9. The summed E-state index contributed by atoms with van der Waals surface area (Å²) in [6.07, 6.45) is 2.69. The van der Waals surface area contributed by atoms with Gasteiger partial charge in [-0.25, -0.2) is 8.42 Å². The van der Waals surface area contributed by atoms with Crippen molar-refractivity contribution in [3.8, 4) is 0 Å². The summed E-state index contributed by atoms with van der Waals surface area (Å²) in [6, 6.07) is 4.64. The second-order valence-corrected chi connectivity index (χ2v) is 7.18. The van der Waals surface area contributed by atoms with Crippen LogP contribution < -0.4 is 4.90 Å². The lowest BCUT2D eigenvalue weighted by atomic mass is 10.3. The standard InChI is InChI=1S/C12H16N4O4S/c1-9(8-21(3,19)20)14(2)11-12(16(17)18)15-7-5-4-6-10(15)13-11/h4-7,9H,8H2,1-3H3/t9-/m0/s1. The molecule has 0 radical (unpaired) electrons. The summed E-state index contributed by atoms with van der Waals surface area (Å²) in [5, 5.41) is 11.3. The van der Waals surface area contributed by atoms with E-state index in [1.54, 1.807) is 38.4 Å². The Morgan fingerprint density at radius 1 is 1.48 bits per heavy atom. The van der Waals surface area contributed by atoms with E-state index in [2.05, 4.69) is 4.98 Å². The maximum atomic E-state index is 11.4. The minimum Gasteiger partial charge on any atom is -0.358 e. The molecular weight excluding hydrogens is 296 g/mol. The van der Waals surface area contributed by atoms with Crippen LogP contribution in [0.15, 0.2) is 24.4 Å². The topological polar surface area (TPSA) is 97.8 Å². The van der Waals surface area contributed by atoms with Gasteiger partial charge in [0.2, 0.25) is 11.5 Å². The van der Waals surface area contributed by atoms with Crippen molar-refractivity contribution < 1.29 is 13.3 Å². The molecule has 21 heavy (non-hydrogen) atoms. The molecule has 0 aliphatic rings. The van der Waals surface area contributed by atoms with Gasteiger partial charge >= 0.3 is 5.82 Å². The molecule has 114 valence electrons. The van der Waals surface area contributed by atoms with Crippen LogP contribution in [-0.4, -0.2) is 47.8 Å². The molecule has 9 heteroatoms. The third-order valence-corrected chi connectivity index (χ3v) is 4.29. The number of nitrogens with zero attached hydrogens (tertiary/aromatic N) is 4. The number of hydrogen-bond donors (Lipinski definition) is 0. The van der Waals surface area contributed by atoms with Crippen LogP contribution >= 0.6 is 0 Å². The molecule has 2 aromatic rings. The van der Waals surface area contributed by atoms with Gasteiger partial charge in [-0.2, -0.15) is 9.38 Å². The molecule has 0 bridgehead atoms. The first-order chi connectivity index (χ1) is 9.70. The summed E-state index contributed by atoms with van der Waals surface area (Å²) >= 11 is 0. The van der Waals surface area contributed by atoms with E-state index in [4.69, 9.17) is 0 Å². The largest absolute Gasteiger partial charge is 0.372 e. The molecule has 0 aromatic carbocycles. The van der Waals surface area contributed by atoms with Gasteiger partial charge in [0.25, 0.3) is 0 Å². The Morgan fingerprint density at radius 2 is 2.14 bits per heavy atom.